The molecule has 0 bridgehead atoms. The van der Waals surface area contributed by atoms with Gasteiger partial charge in [0.2, 0.25) is 5.91 Å². The van der Waals surface area contributed by atoms with Crippen molar-refractivity contribution in [3.8, 4) is 17.0 Å². The van der Waals surface area contributed by atoms with E-state index in [0.29, 0.717) is 18.7 Å². The van der Waals surface area contributed by atoms with Crippen molar-refractivity contribution in [2.45, 2.75) is 34.1 Å². The lowest BCUT2D eigenvalue weighted by molar-refractivity contribution is -0.130. The number of rotatable bonds is 5. The molecule has 0 unspecified atom stereocenters. The van der Waals surface area contributed by atoms with Crippen LogP contribution in [0.25, 0.3) is 16.9 Å². The summed E-state index contributed by atoms with van der Waals surface area (Å²) in [6.45, 7) is 9.23. The molecule has 0 saturated heterocycles. The molecule has 2 heterocycles. The molecule has 0 fully saturated rings. The van der Waals surface area contributed by atoms with Crippen LogP contribution in [0.3, 0.4) is 0 Å². The Kier molecular flexibility index (Phi) is 5.69. The van der Waals surface area contributed by atoms with Gasteiger partial charge in [0, 0.05) is 39.2 Å². The van der Waals surface area contributed by atoms with E-state index in [4.69, 9.17) is 5.10 Å². The van der Waals surface area contributed by atoms with Crippen molar-refractivity contribution >= 4 is 34.1 Å². The number of halogens is 1. The standard InChI is InChI=1S/C20H23IN4O2/c1-5-24(6-2)18(27)11-16-19(15-8-7-14(26)10-17(15)21)23-25-13(4)9-12(3)22-20(16)25/h7-10,26H,5-6,11H2,1-4H3. The Morgan fingerprint density at radius 3 is 2.56 bits per heavy atom. The summed E-state index contributed by atoms with van der Waals surface area (Å²) < 4.78 is 2.68. The average Bonchev–Trinajstić information content (AvgIpc) is 2.95. The first-order valence-electron chi connectivity index (χ1n) is 8.98. The second-order valence-electron chi connectivity index (χ2n) is 6.51. The summed E-state index contributed by atoms with van der Waals surface area (Å²) in [7, 11) is 0. The predicted molar refractivity (Wildman–Crippen MR) is 114 cm³/mol. The molecule has 7 heteroatoms. The highest BCUT2D eigenvalue weighted by molar-refractivity contribution is 14.1. The van der Waals surface area contributed by atoms with Gasteiger partial charge in [-0.1, -0.05) is 0 Å². The first-order chi connectivity index (χ1) is 12.8. The molecule has 0 spiro atoms. The largest absolute Gasteiger partial charge is 0.508 e. The Morgan fingerprint density at radius 2 is 1.93 bits per heavy atom. The van der Waals surface area contributed by atoms with E-state index >= 15 is 0 Å². The van der Waals surface area contributed by atoms with Gasteiger partial charge in [0.1, 0.15) is 5.75 Å². The molecule has 6 nitrogen and oxygen atoms in total. The van der Waals surface area contributed by atoms with Gasteiger partial charge in [-0.3, -0.25) is 4.79 Å². The quantitative estimate of drug-likeness (QED) is 0.568. The molecule has 0 radical (unpaired) electrons. The van der Waals surface area contributed by atoms with Gasteiger partial charge in [-0.25, -0.2) is 9.50 Å². The number of amides is 1. The van der Waals surface area contributed by atoms with E-state index in [2.05, 4.69) is 27.6 Å². The molecule has 0 aliphatic carbocycles. The van der Waals surface area contributed by atoms with E-state index in [9.17, 15) is 9.90 Å². The number of carbonyl (C=O) groups is 1. The number of hydrogen-bond acceptors (Lipinski definition) is 4. The minimum Gasteiger partial charge on any atom is -0.508 e. The van der Waals surface area contributed by atoms with E-state index in [1.54, 1.807) is 16.6 Å². The molecule has 142 valence electrons. The number of phenolic OH excluding ortho intramolecular Hbond substituents is 1. The number of nitrogens with zero attached hydrogens (tertiary/aromatic N) is 4. The highest BCUT2D eigenvalue weighted by atomic mass is 127. The van der Waals surface area contributed by atoms with Crippen LogP contribution in [0.5, 0.6) is 5.75 Å². The number of hydrogen-bond donors (Lipinski definition) is 1. The third-order valence-electron chi connectivity index (χ3n) is 4.64. The van der Waals surface area contributed by atoms with Crippen molar-refractivity contribution in [1.29, 1.82) is 0 Å². The van der Waals surface area contributed by atoms with Crippen molar-refractivity contribution in [2.24, 2.45) is 0 Å². The number of fused-ring (bicyclic) bond motifs is 1. The zero-order chi connectivity index (χ0) is 19.7. The number of aromatic nitrogens is 3. The molecule has 0 atom stereocenters. The van der Waals surface area contributed by atoms with E-state index < -0.39 is 0 Å². The van der Waals surface area contributed by atoms with Crippen molar-refractivity contribution in [2.75, 3.05) is 13.1 Å². The summed E-state index contributed by atoms with van der Waals surface area (Å²) in [6, 6.07) is 7.15. The second-order valence-corrected chi connectivity index (χ2v) is 7.67. The van der Waals surface area contributed by atoms with E-state index in [1.165, 1.54) is 0 Å². The van der Waals surface area contributed by atoms with Gasteiger partial charge in [-0.2, -0.15) is 5.10 Å². The fraction of sp³-hybridized carbons (Fsp3) is 0.350. The van der Waals surface area contributed by atoms with Gasteiger partial charge in [0.25, 0.3) is 0 Å². The highest BCUT2D eigenvalue weighted by Gasteiger charge is 2.23. The van der Waals surface area contributed by atoms with Crippen LogP contribution in [0.1, 0.15) is 30.8 Å². The van der Waals surface area contributed by atoms with Crippen LogP contribution >= 0.6 is 22.6 Å². The van der Waals surface area contributed by atoms with Crippen molar-refractivity contribution < 1.29 is 9.90 Å². The van der Waals surface area contributed by atoms with E-state index in [1.807, 2.05) is 44.7 Å². The number of benzene rings is 1. The fourth-order valence-corrected chi connectivity index (χ4v) is 4.03. The van der Waals surface area contributed by atoms with Gasteiger partial charge in [-0.05, 0) is 74.6 Å². The van der Waals surface area contributed by atoms with Crippen LogP contribution in [-0.2, 0) is 11.2 Å². The topological polar surface area (TPSA) is 70.7 Å². The lowest BCUT2D eigenvalue weighted by atomic mass is 10.0. The zero-order valence-corrected chi connectivity index (χ0v) is 18.1. The van der Waals surface area contributed by atoms with Crippen LogP contribution < -0.4 is 0 Å². The molecule has 1 N–H and O–H groups in total. The Hall–Kier alpha value is -2.16. The predicted octanol–water partition coefficient (Wildman–Crippen LogP) is 3.73. The minimum absolute atomic E-state index is 0.0610. The number of aromatic hydroxyl groups is 1. The Labute approximate surface area is 172 Å². The molecule has 27 heavy (non-hydrogen) atoms. The van der Waals surface area contributed by atoms with Crippen LogP contribution in [0, 0.1) is 17.4 Å². The van der Waals surface area contributed by atoms with E-state index in [0.717, 1.165) is 31.8 Å². The fourth-order valence-electron chi connectivity index (χ4n) is 3.28. The summed E-state index contributed by atoms with van der Waals surface area (Å²) in [5, 5.41) is 14.5. The maximum absolute atomic E-state index is 12.8. The van der Waals surface area contributed by atoms with Crippen LogP contribution in [0.2, 0.25) is 0 Å². The van der Waals surface area contributed by atoms with Gasteiger partial charge in [-0.15, -0.1) is 0 Å². The Balaban J connectivity index is 2.23. The maximum atomic E-state index is 12.8. The first-order valence-corrected chi connectivity index (χ1v) is 10.1. The van der Waals surface area contributed by atoms with Crippen LogP contribution in [0.15, 0.2) is 24.3 Å². The lowest BCUT2D eigenvalue weighted by Gasteiger charge is -2.18. The third-order valence-corrected chi connectivity index (χ3v) is 5.53. The zero-order valence-electron chi connectivity index (χ0n) is 16.0. The Bertz CT molecular complexity index is 1010. The average molecular weight is 478 g/mol. The van der Waals surface area contributed by atoms with Gasteiger partial charge < -0.3 is 10.0 Å². The van der Waals surface area contributed by atoms with Crippen molar-refractivity contribution in [1.82, 2.24) is 19.5 Å². The Morgan fingerprint density at radius 1 is 1.22 bits per heavy atom. The monoisotopic (exact) mass is 478 g/mol. The number of phenols is 1. The summed E-state index contributed by atoms with van der Waals surface area (Å²) in [5.74, 6) is 0.267. The second kappa shape index (κ2) is 7.84. The summed E-state index contributed by atoms with van der Waals surface area (Å²) in [6.07, 6.45) is 0.243. The number of carbonyl (C=O) groups excluding carboxylic acids is 1. The van der Waals surface area contributed by atoms with Crippen molar-refractivity contribution in [3.63, 3.8) is 0 Å². The minimum atomic E-state index is 0.0610. The number of aryl methyl sites for hydroxylation is 2. The molecule has 0 aliphatic heterocycles. The molecular weight excluding hydrogens is 455 g/mol. The normalized spacial score (nSPS) is 11.1. The van der Waals surface area contributed by atoms with Gasteiger partial charge in [0.15, 0.2) is 5.65 Å². The molecule has 0 aliphatic rings. The lowest BCUT2D eigenvalue weighted by Crippen LogP contribution is -2.31. The summed E-state index contributed by atoms with van der Waals surface area (Å²) in [4.78, 5) is 19.3. The first kappa shape index (κ1) is 19.6. The molecular formula is C20H23IN4O2. The molecule has 0 saturated carbocycles. The molecule has 1 aromatic carbocycles. The van der Waals surface area contributed by atoms with Gasteiger partial charge >= 0.3 is 0 Å². The molecule has 1 amide bonds. The SMILES string of the molecule is CCN(CC)C(=O)Cc1c(-c2ccc(O)cc2I)nn2c(C)cc(C)nc12. The van der Waals surface area contributed by atoms with Crippen LogP contribution in [-0.4, -0.2) is 43.6 Å². The number of likely N-dealkylation sites (N-methyl/N-ethyl adjacent to an activating group) is 1. The molecule has 3 rings (SSSR count). The van der Waals surface area contributed by atoms with Crippen molar-refractivity contribution in [3.05, 3.63) is 44.8 Å². The van der Waals surface area contributed by atoms with Gasteiger partial charge in [0.05, 0.1) is 12.1 Å². The smallest absolute Gasteiger partial charge is 0.227 e. The third kappa shape index (κ3) is 3.78. The molecule has 3 aromatic rings. The highest BCUT2D eigenvalue weighted by Crippen LogP contribution is 2.32. The van der Waals surface area contributed by atoms with Crippen LogP contribution in [0.4, 0.5) is 0 Å². The molecule has 2 aromatic heterocycles. The van der Waals surface area contributed by atoms with E-state index in [-0.39, 0.29) is 18.1 Å². The summed E-state index contributed by atoms with van der Waals surface area (Å²) in [5.41, 5.74) is 5.02. The maximum Gasteiger partial charge on any atom is 0.227 e. The summed E-state index contributed by atoms with van der Waals surface area (Å²) >= 11 is 2.18.